The molecule has 0 saturated heterocycles. The first-order valence-corrected chi connectivity index (χ1v) is 6.73. The molecule has 0 atom stereocenters. The van der Waals surface area contributed by atoms with Crippen LogP contribution in [0.25, 0.3) is 10.8 Å². The summed E-state index contributed by atoms with van der Waals surface area (Å²) in [7, 11) is 1.82. The maximum Gasteiger partial charge on any atom is 0.169 e. The van der Waals surface area contributed by atoms with E-state index in [4.69, 9.17) is 0 Å². The van der Waals surface area contributed by atoms with Gasteiger partial charge in [0.25, 0.3) is 0 Å². The molecule has 1 heterocycles. The number of imidazole rings is 1. The number of carbonyl (C=O) groups excluding carboxylic acids is 1. The lowest BCUT2D eigenvalue weighted by Gasteiger charge is -2.05. The zero-order valence-electron chi connectivity index (χ0n) is 10.4. The van der Waals surface area contributed by atoms with E-state index >= 15 is 0 Å². The lowest BCUT2D eigenvalue weighted by Crippen LogP contribution is -1.93. The van der Waals surface area contributed by atoms with E-state index in [0.717, 1.165) is 16.2 Å². The third-order valence-corrected chi connectivity index (χ3v) is 4.10. The van der Waals surface area contributed by atoms with Crippen LogP contribution in [-0.4, -0.2) is 15.8 Å². The van der Waals surface area contributed by atoms with Crippen LogP contribution in [0, 0.1) is 0 Å². The molecule has 19 heavy (non-hydrogen) atoms. The first-order chi connectivity index (χ1) is 9.29. The Labute approximate surface area is 115 Å². The van der Waals surface area contributed by atoms with Crippen molar-refractivity contribution in [1.82, 2.24) is 9.55 Å². The van der Waals surface area contributed by atoms with Crippen LogP contribution >= 0.6 is 11.8 Å². The van der Waals surface area contributed by atoms with Crippen molar-refractivity contribution in [2.24, 2.45) is 7.05 Å². The van der Waals surface area contributed by atoms with Crippen LogP contribution in [0.1, 0.15) is 10.5 Å². The second-order valence-electron chi connectivity index (χ2n) is 4.24. The number of fused-ring (bicyclic) bond motifs is 1. The Morgan fingerprint density at radius 2 is 1.95 bits per heavy atom. The molecule has 0 bridgehead atoms. The number of rotatable bonds is 3. The summed E-state index contributed by atoms with van der Waals surface area (Å²) in [6.07, 6.45) is 2.51. The minimum atomic E-state index is 0.609. The molecule has 1 aromatic heterocycles. The van der Waals surface area contributed by atoms with Crippen molar-refractivity contribution in [3.63, 3.8) is 0 Å². The van der Waals surface area contributed by atoms with Crippen LogP contribution in [0.3, 0.4) is 0 Å². The lowest BCUT2D eigenvalue weighted by molar-refractivity contribution is 0.111. The van der Waals surface area contributed by atoms with Gasteiger partial charge in [-0.2, -0.15) is 0 Å². The quantitative estimate of drug-likeness (QED) is 0.681. The van der Waals surface area contributed by atoms with Crippen molar-refractivity contribution in [3.8, 4) is 0 Å². The Kier molecular flexibility index (Phi) is 3.09. The Hall–Kier alpha value is -2.07. The molecule has 2 aromatic carbocycles. The number of hydrogen-bond donors (Lipinski definition) is 0. The van der Waals surface area contributed by atoms with Crippen molar-refractivity contribution >= 4 is 28.8 Å². The van der Waals surface area contributed by atoms with Gasteiger partial charge < -0.3 is 4.57 Å². The molecular formula is C15H12N2OS. The van der Waals surface area contributed by atoms with Gasteiger partial charge in [-0.15, -0.1) is 0 Å². The number of hydrogen-bond acceptors (Lipinski definition) is 3. The van der Waals surface area contributed by atoms with Crippen molar-refractivity contribution < 1.29 is 4.79 Å². The van der Waals surface area contributed by atoms with E-state index in [1.165, 1.54) is 22.5 Å². The number of carbonyl (C=O) groups is 1. The first kappa shape index (κ1) is 12.0. The second-order valence-corrected chi connectivity index (χ2v) is 5.27. The topological polar surface area (TPSA) is 34.9 Å². The predicted molar refractivity (Wildman–Crippen MR) is 76.7 cm³/mol. The molecule has 0 radical (unpaired) electrons. The summed E-state index contributed by atoms with van der Waals surface area (Å²) in [4.78, 5) is 16.5. The third kappa shape index (κ3) is 2.15. The summed E-state index contributed by atoms with van der Waals surface area (Å²) in [6, 6.07) is 14.4. The van der Waals surface area contributed by atoms with Crippen LogP contribution in [-0.2, 0) is 7.05 Å². The fourth-order valence-corrected chi connectivity index (χ4v) is 3.07. The van der Waals surface area contributed by atoms with Crippen LogP contribution < -0.4 is 0 Å². The van der Waals surface area contributed by atoms with E-state index in [-0.39, 0.29) is 0 Å². The van der Waals surface area contributed by atoms with E-state index in [0.29, 0.717) is 5.69 Å². The van der Waals surface area contributed by atoms with Gasteiger partial charge in [0.05, 0.1) is 6.33 Å². The molecular weight excluding hydrogens is 256 g/mol. The van der Waals surface area contributed by atoms with E-state index < -0.39 is 0 Å². The van der Waals surface area contributed by atoms with Crippen molar-refractivity contribution in [2.45, 2.75) is 9.92 Å². The minimum absolute atomic E-state index is 0.609. The maximum absolute atomic E-state index is 11.1. The van der Waals surface area contributed by atoms with Gasteiger partial charge in [-0.25, -0.2) is 4.98 Å². The third-order valence-electron chi connectivity index (χ3n) is 3.02. The predicted octanol–water partition coefficient (Wildman–Crippen LogP) is 3.54. The fraction of sp³-hybridized carbons (Fsp3) is 0.0667. The molecule has 0 aliphatic heterocycles. The average molecular weight is 268 g/mol. The highest BCUT2D eigenvalue weighted by Crippen LogP contribution is 2.33. The number of nitrogens with zero attached hydrogens (tertiary/aromatic N) is 2. The molecule has 0 fully saturated rings. The van der Waals surface area contributed by atoms with Gasteiger partial charge in [0, 0.05) is 11.9 Å². The zero-order valence-corrected chi connectivity index (χ0v) is 11.2. The van der Waals surface area contributed by atoms with Crippen molar-refractivity contribution in [1.29, 1.82) is 0 Å². The van der Waals surface area contributed by atoms with Crippen molar-refractivity contribution in [3.05, 3.63) is 54.5 Å². The number of benzene rings is 2. The molecule has 0 aliphatic carbocycles. The molecule has 0 spiro atoms. The lowest BCUT2D eigenvalue weighted by atomic mass is 10.1. The van der Waals surface area contributed by atoms with Gasteiger partial charge in [-0.05, 0) is 16.8 Å². The summed E-state index contributed by atoms with van der Waals surface area (Å²) >= 11 is 1.53. The molecule has 0 unspecified atom stereocenters. The fourth-order valence-electron chi connectivity index (χ4n) is 2.02. The van der Waals surface area contributed by atoms with Gasteiger partial charge in [-0.3, -0.25) is 4.79 Å². The average Bonchev–Trinajstić information content (AvgIpc) is 2.79. The van der Waals surface area contributed by atoms with E-state index in [2.05, 4.69) is 29.2 Å². The minimum Gasteiger partial charge on any atom is -0.331 e. The van der Waals surface area contributed by atoms with Crippen LogP contribution in [0.15, 0.2) is 58.7 Å². The maximum atomic E-state index is 11.1. The summed E-state index contributed by atoms with van der Waals surface area (Å²) in [5.41, 5.74) is 0.609. The Morgan fingerprint density at radius 1 is 1.16 bits per heavy atom. The number of aldehydes is 1. The molecule has 0 aliphatic rings. The smallest absolute Gasteiger partial charge is 0.169 e. The SMILES string of the molecule is Cn1cnc(Sc2cccc3ccccc23)c1C=O. The van der Waals surface area contributed by atoms with Crippen molar-refractivity contribution in [2.75, 3.05) is 0 Å². The highest BCUT2D eigenvalue weighted by molar-refractivity contribution is 7.99. The summed E-state index contributed by atoms with van der Waals surface area (Å²) in [5, 5.41) is 3.11. The Balaban J connectivity index is 2.08. The Bertz CT molecular complexity index is 743. The molecule has 4 heteroatoms. The molecule has 0 amide bonds. The van der Waals surface area contributed by atoms with Crippen LogP contribution in [0.4, 0.5) is 0 Å². The number of aromatic nitrogens is 2. The van der Waals surface area contributed by atoms with Crippen LogP contribution in [0.5, 0.6) is 0 Å². The van der Waals surface area contributed by atoms with Gasteiger partial charge >= 0.3 is 0 Å². The van der Waals surface area contributed by atoms with Crippen LogP contribution in [0.2, 0.25) is 0 Å². The van der Waals surface area contributed by atoms with Gasteiger partial charge in [-0.1, -0.05) is 48.2 Å². The molecule has 3 nitrogen and oxygen atoms in total. The molecule has 3 rings (SSSR count). The highest BCUT2D eigenvalue weighted by atomic mass is 32.2. The molecule has 3 aromatic rings. The number of aryl methyl sites for hydroxylation is 1. The zero-order chi connectivity index (χ0) is 13.2. The van der Waals surface area contributed by atoms with E-state index in [1.807, 2.05) is 25.2 Å². The molecule has 94 valence electrons. The van der Waals surface area contributed by atoms with Gasteiger partial charge in [0.15, 0.2) is 6.29 Å². The molecule has 0 saturated carbocycles. The monoisotopic (exact) mass is 268 g/mol. The van der Waals surface area contributed by atoms with Gasteiger partial charge in [0.2, 0.25) is 0 Å². The first-order valence-electron chi connectivity index (χ1n) is 5.91. The second kappa shape index (κ2) is 4.90. The van der Waals surface area contributed by atoms with E-state index in [1.54, 1.807) is 10.9 Å². The summed E-state index contributed by atoms with van der Waals surface area (Å²) in [5.74, 6) is 0. The highest BCUT2D eigenvalue weighted by Gasteiger charge is 2.11. The summed E-state index contributed by atoms with van der Waals surface area (Å²) in [6.45, 7) is 0. The largest absolute Gasteiger partial charge is 0.331 e. The standard InChI is InChI=1S/C15H12N2OS/c1-17-10-16-15(13(17)9-18)19-14-8-4-6-11-5-2-3-7-12(11)14/h2-10H,1H3. The normalized spacial score (nSPS) is 10.8. The van der Waals surface area contributed by atoms with Gasteiger partial charge in [0.1, 0.15) is 10.7 Å². The van der Waals surface area contributed by atoms with E-state index in [9.17, 15) is 4.79 Å². The molecule has 0 N–H and O–H groups in total. The Morgan fingerprint density at radius 3 is 2.79 bits per heavy atom. The summed E-state index contributed by atoms with van der Waals surface area (Å²) < 4.78 is 1.74.